The van der Waals surface area contributed by atoms with Crippen molar-refractivity contribution < 1.29 is 17.9 Å². The van der Waals surface area contributed by atoms with E-state index in [0.717, 1.165) is 0 Å². The summed E-state index contributed by atoms with van der Waals surface area (Å²) in [6.07, 6.45) is -3.20. The zero-order valence-electron chi connectivity index (χ0n) is 9.70. The van der Waals surface area contributed by atoms with Gasteiger partial charge in [-0.2, -0.15) is 13.2 Å². The first-order chi connectivity index (χ1) is 8.97. The Morgan fingerprint density at radius 2 is 1.79 bits per heavy atom. The molecule has 0 saturated carbocycles. The topological polar surface area (TPSA) is 42.1 Å². The van der Waals surface area contributed by atoms with Crippen LogP contribution in [0.3, 0.4) is 0 Å². The van der Waals surface area contributed by atoms with Crippen molar-refractivity contribution in [1.29, 1.82) is 0 Å². The van der Waals surface area contributed by atoms with Crippen molar-refractivity contribution in [2.75, 3.05) is 6.61 Å². The van der Waals surface area contributed by atoms with E-state index in [1.165, 1.54) is 12.3 Å². The Balaban J connectivity index is 2.40. The zero-order valence-corrected chi connectivity index (χ0v) is 9.70. The Bertz CT molecular complexity index is 605. The van der Waals surface area contributed by atoms with Gasteiger partial charge in [-0.25, -0.2) is 0 Å². The minimum atomic E-state index is -4.45. The first-order valence-corrected chi connectivity index (χ1v) is 5.44. The molecular formula is C13H10F3NO2. The number of hydrogen-bond donors (Lipinski definition) is 1. The van der Waals surface area contributed by atoms with Crippen LogP contribution in [0.2, 0.25) is 0 Å². The molecule has 0 saturated heterocycles. The summed E-state index contributed by atoms with van der Waals surface area (Å²) in [5, 5.41) is 0. The summed E-state index contributed by atoms with van der Waals surface area (Å²) >= 11 is 0. The fourth-order valence-corrected chi connectivity index (χ4v) is 1.62. The molecule has 1 heterocycles. The summed E-state index contributed by atoms with van der Waals surface area (Å²) in [5.41, 5.74) is 0.0970. The van der Waals surface area contributed by atoms with Crippen LogP contribution in [0.15, 0.2) is 47.4 Å². The maximum absolute atomic E-state index is 12.2. The first kappa shape index (κ1) is 13.2. The van der Waals surface area contributed by atoms with Crippen LogP contribution in [-0.4, -0.2) is 17.8 Å². The van der Waals surface area contributed by atoms with Gasteiger partial charge in [0.25, 0.3) is 5.56 Å². The third kappa shape index (κ3) is 3.37. The molecule has 19 heavy (non-hydrogen) atoms. The van der Waals surface area contributed by atoms with Gasteiger partial charge in [-0.3, -0.25) is 4.79 Å². The van der Waals surface area contributed by atoms with Gasteiger partial charge in [-0.1, -0.05) is 30.3 Å². The molecule has 2 rings (SSSR count). The second-order valence-electron chi connectivity index (χ2n) is 3.82. The highest BCUT2D eigenvalue weighted by Gasteiger charge is 2.29. The largest absolute Gasteiger partial charge is 0.483 e. The lowest BCUT2D eigenvalue weighted by Crippen LogP contribution is -2.21. The molecule has 2 aromatic rings. The van der Waals surface area contributed by atoms with E-state index < -0.39 is 18.3 Å². The third-order valence-electron chi connectivity index (χ3n) is 2.38. The molecule has 0 radical (unpaired) electrons. The number of aromatic nitrogens is 1. The number of rotatable bonds is 3. The van der Waals surface area contributed by atoms with Crippen LogP contribution in [0.1, 0.15) is 0 Å². The maximum Gasteiger partial charge on any atom is 0.422 e. The molecule has 0 aliphatic heterocycles. The first-order valence-electron chi connectivity index (χ1n) is 5.44. The van der Waals surface area contributed by atoms with Crippen LogP contribution in [0, 0.1) is 0 Å². The highest BCUT2D eigenvalue weighted by molar-refractivity contribution is 5.69. The zero-order chi connectivity index (χ0) is 13.9. The Morgan fingerprint density at radius 1 is 1.11 bits per heavy atom. The monoisotopic (exact) mass is 269 g/mol. The van der Waals surface area contributed by atoms with E-state index in [9.17, 15) is 18.0 Å². The second-order valence-corrected chi connectivity index (χ2v) is 3.82. The van der Waals surface area contributed by atoms with Gasteiger partial charge >= 0.3 is 6.18 Å². The Labute approximate surface area is 106 Å². The lowest BCUT2D eigenvalue weighted by molar-refractivity contribution is -0.153. The van der Waals surface area contributed by atoms with E-state index in [1.807, 2.05) is 0 Å². The van der Waals surface area contributed by atoms with Crippen molar-refractivity contribution in [3.05, 3.63) is 52.9 Å². The third-order valence-corrected chi connectivity index (χ3v) is 2.38. The van der Waals surface area contributed by atoms with Crippen LogP contribution in [0.4, 0.5) is 13.2 Å². The number of ether oxygens (including phenoxy) is 1. The van der Waals surface area contributed by atoms with E-state index in [2.05, 4.69) is 4.98 Å². The van der Waals surface area contributed by atoms with Crippen molar-refractivity contribution in [2.45, 2.75) is 6.18 Å². The molecule has 0 fully saturated rings. The molecule has 0 amide bonds. The quantitative estimate of drug-likeness (QED) is 0.930. The SMILES string of the molecule is O=c1[nH]ccc(OCC(F)(F)F)c1-c1ccccc1. The van der Waals surface area contributed by atoms with Gasteiger partial charge in [-0.05, 0) is 11.6 Å². The molecule has 3 nitrogen and oxygen atoms in total. The van der Waals surface area contributed by atoms with Gasteiger partial charge in [0.05, 0.1) is 5.56 Å². The lowest BCUT2D eigenvalue weighted by atomic mass is 10.1. The molecule has 1 aromatic carbocycles. The van der Waals surface area contributed by atoms with Crippen LogP contribution >= 0.6 is 0 Å². The molecular weight excluding hydrogens is 259 g/mol. The molecule has 0 aliphatic carbocycles. The number of H-pyrrole nitrogens is 1. The Morgan fingerprint density at radius 3 is 2.42 bits per heavy atom. The molecule has 0 unspecified atom stereocenters. The summed E-state index contributed by atoms with van der Waals surface area (Å²) in [7, 11) is 0. The summed E-state index contributed by atoms with van der Waals surface area (Å²) in [4.78, 5) is 14.2. The van der Waals surface area contributed by atoms with E-state index in [4.69, 9.17) is 4.74 Å². The second kappa shape index (κ2) is 5.17. The number of nitrogens with one attached hydrogen (secondary N) is 1. The molecule has 100 valence electrons. The van der Waals surface area contributed by atoms with Crippen molar-refractivity contribution in [3.63, 3.8) is 0 Å². The van der Waals surface area contributed by atoms with E-state index >= 15 is 0 Å². The van der Waals surface area contributed by atoms with E-state index in [-0.39, 0.29) is 11.3 Å². The van der Waals surface area contributed by atoms with Crippen molar-refractivity contribution in [3.8, 4) is 16.9 Å². The van der Waals surface area contributed by atoms with Crippen molar-refractivity contribution in [2.24, 2.45) is 0 Å². The average molecular weight is 269 g/mol. The molecule has 0 aliphatic rings. The summed E-state index contributed by atoms with van der Waals surface area (Å²) < 4.78 is 41.2. The van der Waals surface area contributed by atoms with Gasteiger partial charge in [0, 0.05) is 6.20 Å². The van der Waals surface area contributed by atoms with Crippen LogP contribution in [0.25, 0.3) is 11.1 Å². The molecule has 0 bridgehead atoms. The van der Waals surface area contributed by atoms with Gasteiger partial charge < -0.3 is 9.72 Å². The number of aromatic amines is 1. The van der Waals surface area contributed by atoms with Gasteiger partial charge in [0.15, 0.2) is 6.61 Å². The smallest absolute Gasteiger partial charge is 0.422 e. The summed E-state index contributed by atoms with van der Waals surface area (Å²) in [5.74, 6) is -0.0905. The molecule has 6 heteroatoms. The highest BCUT2D eigenvalue weighted by Crippen LogP contribution is 2.27. The number of benzene rings is 1. The summed E-state index contributed by atoms with van der Waals surface area (Å²) in [6.45, 7) is -1.43. The molecule has 1 N–H and O–H groups in total. The van der Waals surface area contributed by atoms with Crippen LogP contribution in [0.5, 0.6) is 5.75 Å². The molecule has 1 aromatic heterocycles. The van der Waals surface area contributed by atoms with Crippen LogP contribution < -0.4 is 10.3 Å². The fourth-order valence-electron chi connectivity index (χ4n) is 1.62. The predicted molar refractivity (Wildman–Crippen MR) is 64.0 cm³/mol. The van der Waals surface area contributed by atoms with Gasteiger partial charge in [0.2, 0.25) is 0 Å². The minimum Gasteiger partial charge on any atom is -0.483 e. The standard InChI is InChI=1S/C13H10F3NO2/c14-13(15,16)8-19-10-6-7-17-12(18)11(10)9-4-2-1-3-5-9/h1-7H,8H2,(H,17,18). The lowest BCUT2D eigenvalue weighted by Gasteiger charge is -2.12. The van der Waals surface area contributed by atoms with Gasteiger partial charge in [0.1, 0.15) is 5.75 Å². The van der Waals surface area contributed by atoms with Crippen molar-refractivity contribution in [1.82, 2.24) is 4.98 Å². The Hall–Kier alpha value is -2.24. The van der Waals surface area contributed by atoms with Crippen LogP contribution in [-0.2, 0) is 0 Å². The van der Waals surface area contributed by atoms with E-state index in [0.29, 0.717) is 5.56 Å². The average Bonchev–Trinajstić information content (AvgIpc) is 2.36. The fraction of sp³-hybridized carbons (Fsp3) is 0.154. The molecule has 0 atom stereocenters. The number of alkyl halides is 3. The maximum atomic E-state index is 12.2. The highest BCUT2D eigenvalue weighted by atomic mass is 19.4. The number of hydrogen-bond acceptors (Lipinski definition) is 2. The molecule has 0 spiro atoms. The number of pyridine rings is 1. The minimum absolute atomic E-state index is 0.0901. The predicted octanol–water partition coefficient (Wildman–Crippen LogP) is 2.98. The summed E-state index contributed by atoms with van der Waals surface area (Å²) in [6, 6.07) is 9.69. The van der Waals surface area contributed by atoms with Crippen molar-refractivity contribution >= 4 is 0 Å². The Kier molecular flexibility index (Phi) is 3.59. The van der Waals surface area contributed by atoms with Gasteiger partial charge in [-0.15, -0.1) is 0 Å². The number of halogens is 3. The van der Waals surface area contributed by atoms with E-state index in [1.54, 1.807) is 30.3 Å². The normalized spacial score (nSPS) is 11.3.